The van der Waals surface area contributed by atoms with Crippen LogP contribution in [0, 0.1) is 5.92 Å². The van der Waals surface area contributed by atoms with Crippen LogP contribution in [-0.4, -0.2) is 54.0 Å². The van der Waals surface area contributed by atoms with Crippen LogP contribution in [0.1, 0.15) is 25.1 Å². The molecule has 1 saturated heterocycles. The van der Waals surface area contributed by atoms with E-state index in [1.807, 2.05) is 32.0 Å². The van der Waals surface area contributed by atoms with Crippen molar-refractivity contribution < 1.29 is 14.3 Å². The third-order valence-corrected chi connectivity index (χ3v) is 5.45. The van der Waals surface area contributed by atoms with Crippen molar-refractivity contribution in [3.05, 3.63) is 47.0 Å². The first-order valence-electron chi connectivity index (χ1n) is 9.89. The van der Waals surface area contributed by atoms with Crippen LogP contribution in [0.15, 0.2) is 35.7 Å². The lowest BCUT2D eigenvalue weighted by Gasteiger charge is -2.33. The van der Waals surface area contributed by atoms with E-state index in [0.29, 0.717) is 24.0 Å². The zero-order valence-corrected chi connectivity index (χ0v) is 17.7. The van der Waals surface area contributed by atoms with Crippen LogP contribution >= 0.6 is 11.3 Å². The monoisotopic (exact) mass is 416 g/mol. The van der Waals surface area contributed by atoms with E-state index in [9.17, 15) is 9.59 Å². The van der Waals surface area contributed by atoms with Gasteiger partial charge in [-0.15, -0.1) is 11.3 Å². The molecule has 1 aliphatic heterocycles. The van der Waals surface area contributed by atoms with Crippen LogP contribution in [-0.2, 0) is 27.3 Å². The highest BCUT2D eigenvalue weighted by molar-refractivity contribution is 7.13. The van der Waals surface area contributed by atoms with E-state index < -0.39 is 0 Å². The number of nitrogens with one attached hydrogen (secondary N) is 2. The fraction of sp³-hybridized carbons (Fsp3) is 0.476. The summed E-state index contributed by atoms with van der Waals surface area (Å²) in [5.74, 6) is -0.284. The Balaban J connectivity index is 1.41. The lowest BCUT2D eigenvalue weighted by atomic mass is 10.2. The number of nitrogens with zero attached hydrogens (tertiary/aromatic N) is 2. The number of rotatable bonds is 8. The predicted octanol–water partition coefficient (Wildman–Crippen LogP) is 2.30. The minimum absolute atomic E-state index is 0.0206. The molecule has 1 unspecified atom stereocenters. The molecule has 0 saturated carbocycles. The van der Waals surface area contributed by atoms with Crippen molar-refractivity contribution in [3.8, 4) is 0 Å². The van der Waals surface area contributed by atoms with Gasteiger partial charge in [-0.2, -0.15) is 0 Å². The summed E-state index contributed by atoms with van der Waals surface area (Å²) in [6, 6.07) is 10.4. The van der Waals surface area contributed by atoms with Gasteiger partial charge >= 0.3 is 0 Å². The summed E-state index contributed by atoms with van der Waals surface area (Å²) in [7, 11) is 0. The second kappa shape index (κ2) is 10.5. The molecule has 0 radical (unpaired) electrons. The molecule has 3 rings (SSSR count). The molecular weight excluding hydrogens is 388 g/mol. The van der Waals surface area contributed by atoms with E-state index in [2.05, 4.69) is 32.7 Å². The van der Waals surface area contributed by atoms with Crippen molar-refractivity contribution in [1.29, 1.82) is 0 Å². The lowest BCUT2D eigenvalue weighted by Crippen LogP contribution is -2.47. The van der Waals surface area contributed by atoms with Crippen molar-refractivity contribution >= 4 is 28.3 Å². The fourth-order valence-corrected chi connectivity index (χ4v) is 3.75. The van der Waals surface area contributed by atoms with Gasteiger partial charge in [0.15, 0.2) is 5.13 Å². The number of hydrogen-bond donors (Lipinski definition) is 2. The Morgan fingerprint density at radius 1 is 1.31 bits per heavy atom. The first-order valence-corrected chi connectivity index (χ1v) is 10.8. The Morgan fingerprint density at radius 3 is 2.86 bits per heavy atom. The molecule has 29 heavy (non-hydrogen) atoms. The van der Waals surface area contributed by atoms with Crippen LogP contribution < -0.4 is 10.6 Å². The smallest absolute Gasteiger partial charge is 0.228 e. The molecule has 2 aromatic rings. The summed E-state index contributed by atoms with van der Waals surface area (Å²) in [4.78, 5) is 30.6. The molecular formula is C21H28N4O3S. The topological polar surface area (TPSA) is 83.6 Å². The highest BCUT2D eigenvalue weighted by Crippen LogP contribution is 2.17. The zero-order valence-electron chi connectivity index (χ0n) is 16.9. The summed E-state index contributed by atoms with van der Waals surface area (Å²) in [5.41, 5.74) is 1.93. The van der Waals surface area contributed by atoms with Gasteiger partial charge in [0.25, 0.3) is 0 Å². The third-order valence-electron chi connectivity index (χ3n) is 4.65. The zero-order chi connectivity index (χ0) is 20.6. The van der Waals surface area contributed by atoms with E-state index in [0.717, 1.165) is 19.6 Å². The van der Waals surface area contributed by atoms with Gasteiger partial charge in [0, 0.05) is 37.5 Å². The molecule has 7 nitrogen and oxygen atoms in total. The maximum Gasteiger partial charge on any atom is 0.228 e. The first-order chi connectivity index (χ1) is 14.0. The average molecular weight is 417 g/mol. The maximum absolute atomic E-state index is 12.3. The molecule has 1 aliphatic rings. The van der Waals surface area contributed by atoms with Crippen LogP contribution in [0.2, 0.25) is 0 Å². The quantitative estimate of drug-likeness (QED) is 0.690. The summed E-state index contributed by atoms with van der Waals surface area (Å²) in [6.45, 7) is 7.36. The van der Waals surface area contributed by atoms with Gasteiger partial charge in [-0.05, 0) is 5.56 Å². The first kappa shape index (κ1) is 21.4. The van der Waals surface area contributed by atoms with E-state index in [4.69, 9.17) is 4.74 Å². The van der Waals surface area contributed by atoms with Gasteiger partial charge in [0.2, 0.25) is 11.8 Å². The second-order valence-electron chi connectivity index (χ2n) is 7.48. The fourth-order valence-electron chi connectivity index (χ4n) is 3.04. The normalized spacial score (nSPS) is 17.3. The van der Waals surface area contributed by atoms with Gasteiger partial charge in [-0.25, -0.2) is 4.98 Å². The van der Waals surface area contributed by atoms with Gasteiger partial charge in [0.1, 0.15) is 0 Å². The van der Waals surface area contributed by atoms with E-state index in [1.165, 1.54) is 16.9 Å². The summed E-state index contributed by atoms with van der Waals surface area (Å²) in [6.07, 6.45) is 0.168. The van der Waals surface area contributed by atoms with Crippen molar-refractivity contribution in [2.24, 2.45) is 5.92 Å². The number of anilines is 1. The molecule has 2 N–H and O–H groups in total. The average Bonchev–Trinajstić information content (AvgIpc) is 3.14. The van der Waals surface area contributed by atoms with Crippen molar-refractivity contribution in [1.82, 2.24) is 15.2 Å². The number of amides is 2. The summed E-state index contributed by atoms with van der Waals surface area (Å²) < 4.78 is 5.80. The highest BCUT2D eigenvalue weighted by Gasteiger charge is 2.21. The number of carbonyl (C=O) groups excluding carboxylic acids is 2. The Labute approximate surface area is 175 Å². The Bertz CT molecular complexity index is 809. The van der Waals surface area contributed by atoms with Crippen molar-refractivity contribution in [2.75, 3.05) is 31.6 Å². The Morgan fingerprint density at radius 2 is 2.10 bits per heavy atom. The van der Waals surface area contributed by atoms with Gasteiger partial charge in [-0.1, -0.05) is 44.2 Å². The van der Waals surface area contributed by atoms with Gasteiger partial charge < -0.3 is 15.4 Å². The summed E-state index contributed by atoms with van der Waals surface area (Å²) in [5, 5.41) is 8.02. The summed E-state index contributed by atoms with van der Waals surface area (Å²) >= 11 is 1.33. The molecule has 0 aliphatic carbocycles. The van der Waals surface area contributed by atoms with Crippen molar-refractivity contribution in [3.63, 3.8) is 0 Å². The molecule has 2 heterocycles. The standard InChI is InChI=1S/C21H28N4O3S/c1-15(2)20(27)24-21-23-17(14-29-21)10-19(26)22-11-18-13-25(8-9-28-18)12-16-6-4-3-5-7-16/h3-7,14-15,18H,8-13H2,1-2H3,(H,22,26)(H,23,24,27). The largest absolute Gasteiger partial charge is 0.374 e. The third kappa shape index (κ3) is 6.92. The number of ether oxygens (including phenoxy) is 1. The second-order valence-corrected chi connectivity index (χ2v) is 8.34. The Hall–Kier alpha value is -2.29. The minimum atomic E-state index is -0.109. The maximum atomic E-state index is 12.3. The van der Waals surface area contributed by atoms with Gasteiger partial charge in [-0.3, -0.25) is 14.5 Å². The molecule has 156 valence electrons. The molecule has 0 spiro atoms. The van der Waals surface area contributed by atoms with Crippen LogP contribution in [0.3, 0.4) is 0 Å². The number of thiazole rings is 1. The Kier molecular flexibility index (Phi) is 7.74. The van der Waals surface area contributed by atoms with Crippen LogP contribution in [0.25, 0.3) is 0 Å². The highest BCUT2D eigenvalue weighted by atomic mass is 32.1. The molecule has 1 fully saturated rings. The van der Waals surface area contributed by atoms with E-state index >= 15 is 0 Å². The molecule has 1 atom stereocenters. The number of aromatic nitrogens is 1. The van der Waals surface area contributed by atoms with E-state index in [-0.39, 0.29) is 30.3 Å². The van der Waals surface area contributed by atoms with Crippen LogP contribution in [0.5, 0.6) is 0 Å². The van der Waals surface area contributed by atoms with Crippen LogP contribution in [0.4, 0.5) is 5.13 Å². The SMILES string of the molecule is CC(C)C(=O)Nc1nc(CC(=O)NCC2CN(Cc3ccccc3)CCO2)cs1. The van der Waals surface area contributed by atoms with E-state index in [1.54, 1.807) is 5.38 Å². The molecule has 0 bridgehead atoms. The number of carbonyl (C=O) groups is 2. The molecule has 8 heteroatoms. The molecule has 1 aromatic heterocycles. The lowest BCUT2D eigenvalue weighted by molar-refractivity contribution is -0.121. The van der Waals surface area contributed by atoms with Gasteiger partial charge in [0.05, 0.1) is 24.8 Å². The predicted molar refractivity (Wildman–Crippen MR) is 114 cm³/mol. The minimum Gasteiger partial charge on any atom is -0.374 e. The number of benzene rings is 1. The molecule has 1 aromatic carbocycles. The number of hydrogen-bond acceptors (Lipinski definition) is 6. The van der Waals surface area contributed by atoms with Crippen molar-refractivity contribution in [2.45, 2.75) is 32.9 Å². The number of morpholine rings is 1. The molecule has 2 amide bonds.